The molecule has 1 aliphatic heterocycles. The van der Waals surface area contributed by atoms with Gasteiger partial charge in [-0.05, 0) is 44.8 Å². The van der Waals surface area contributed by atoms with Gasteiger partial charge in [0.15, 0.2) is 0 Å². The van der Waals surface area contributed by atoms with Gasteiger partial charge in [0.1, 0.15) is 11.5 Å². The maximum atomic E-state index is 10.5. The second-order valence-corrected chi connectivity index (χ2v) is 6.61. The monoisotopic (exact) mass is 307 g/mol. The van der Waals surface area contributed by atoms with E-state index < -0.39 is 11.2 Å². The zero-order valence-corrected chi connectivity index (χ0v) is 13.9. The van der Waals surface area contributed by atoms with Gasteiger partial charge in [0.05, 0.1) is 24.4 Å². The van der Waals surface area contributed by atoms with Gasteiger partial charge in [0, 0.05) is 19.1 Å². The quantitative estimate of drug-likeness (QED) is 0.775. The van der Waals surface area contributed by atoms with Crippen LogP contribution in [0.2, 0.25) is 0 Å². The van der Waals surface area contributed by atoms with Crippen LogP contribution in [-0.2, 0) is 22.4 Å². The van der Waals surface area contributed by atoms with Crippen LogP contribution in [0.5, 0.6) is 11.5 Å². The summed E-state index contributed by atoms with van der Waals surface area (Å²) in [6.07, 6.45) is 0.671. The highest BCUT2D eigenvalue weighted by Crippen LogP contribution is 2.33. The van der Waals surface area contributed by atoms with Crippen molar-refractivity contribution in [3.05, 3.63) is 17.2 Å². The molecule has 1 radical (unpaired) electrons. The third kappa shape index (κ3) is 3.24. The van der Waals surface area contributed by atoms with Crippen molar-refractivity contribution in [2.75, 3.05) is 13.7 Å². The summed E-state index contributed by atoms with van der Waals surface area (Å²) < 4.78 is 16.5. The molecule has 0 fully saturated rings. The lowest BCUT2D eigenvalue weighted by molar-refractivity contribution is -0.0893. The smallest absolute Gasteiger partial charge is 0.335 e. The number of aromatic hydroxyl groups is 1. The van der Waals surface area contributed by atoms with Gasteiger partial charge in [-0.2, -0.15) is 0 Å². The van der Waals surface area contributed by atoms with Gasteiger partial charge in [-0.1, -0.05) is 0 Å². The Kier molecular flexibility index (Phi) is 4.75. The van der Waals surface area contributed by atoms with Crippen LogP contribution in [-0.4, -0.2) is 42.6 Å². The molecule has 22 heavy (non-hydrogen) atoms. The van der Waals surface area contributed by atoms with E-state index in [-0.39, 0.29) is 5.75 Å². The molecule has 1 aromatic carbocycles. The van der Waals surface area contributed by atoms with Crippen LogP contribution in [0.25, 0.3) is 0 Å². The number of rotatable bonds is 6. The number of benzene rings is 1. The van der Waals surface area contributed by atoms with Gasteiger partial charge < -0.3 is 24.3 Å². The first-order chi connectivity index (χ1) is 10.2. The average molecular weight is 307 g/mol. The fourth-order valence-corrected chi connectivity index (χ4v) is 2.14. The zero-order chi connectivity index (χ0) is 16.5. The van der Waals surface area contributed by atoms with Gasteiger partial charge in [-0.25, -0.2) is 0 Å². The van der Waals surface area contributed by atoms with Gasteiger partial charge >= 0.3 is 7.48 Å². The summed E-state index contributed by atoms with van der Waals surface area (Å²) in [5.74, 6) is 0.858. The number of hydrogen-bond acceptors (Lipinski definition) is 5. The fourth-order valence-electron chi connectivity index (χ4n) is 2.14. The van der Waals surface area contributed by atoms with E-state index in [0.717, 1.165) is 11.1 Å². The van der Waals surface area contributed by atoms with E-state index >= 15 is 0 Å². The molecule has 0 atom stereocenters. The van der Waals surface area contributed by atoms with Crippen molar-refractivity contribution in [1.29, 1.82) is 0 Å². The molecule has 0 saturated heterocycles. The van der Waals surface area contributed by atoms with Gasteiger partial charge in [-0.3, -0.25) is 0 Å². The van der Waals surface area contributed by atoms with Crippen LogP contribution in [0.1, 0.15) is 38.8 Å². The summed E-state index contributed by atoms with van der Waals surface area (Å²) in [5.41, 5.74) is 0.311. The molecule has 1 heterocycles. The van der Waals surface area contributed by atoms with Gasteiger partial charge in [0.2, 0.25) is 0 Å². The summed E-state index contributed by atoms with van der Waals surface area (Å²) in [5, 5.41) is 20.7. The van der Waals surface area contributed by atoms with Crippen LogP contribution < -0.4 is 10.2 Å². The minimum absolute atomic E-state index is 0.161. The first-order valence-corrected chi connectivity index (χ1v) is 7.40. The summed E-state index contributed by atoms with van der Waals surface area (Å²) in [6.45, 7) is 7.87. The molecule has 1 aliphatic rings. The third-order valence-electron chi connectivity index (χ3n) is 4.34. The van der Waals surface area contributed by atoms with Crippen LogP contribution >= 0.6 is 0 Å². The van der Waals surface area contributed by atoms with Crippen molar-refractivity contribution in [1.82, 2.24) is 0 Å². The Morgan fingerprint density at radius 3 is 2.59 bits per heavy atom. The fraction of sp³-hybridized carbons (Fsp3) is 0.625. The lowest BCUT2D eigenvalue weighted by atomic mass is 9.78. The summed E-state index contributed by atoms with van der Waals surface area (Å²) in [4.78, 5) is 0. The minimum Gasteiger partial charge on any atom is -0.508 e. The molecular formula is C16H24BO5. The number of hydrogen-bond donors (Lipinski definition) is 2. The van der Waals surface area contributed by atoms with Crippen molar-refractivity contribution < 1.29 is 24.3 Å². The molecule has 1 aromatic rings. The number of ether oxygens (including phenoxy) is 2. The maximum absolute atomic E-state index is 10.5. The highest BCUT2D eigenvalue weighted by atomic mass is 16.5. The lowest BCUT2D eigenvalue weighted by Crippen LogP contribution is -2.49. The molecule has 0 amide bonds. The van der Waals surface area contributed by atoms with E-state index in [2.05, 4.69) is 0 Å². The predicted molar refractivity (Wildman–Crippen MR) is 84.9 cm³/mol. The second-order valence-electron chi connectivity index (χ2n) is 6.61. The summed E-state index contributed by atoms with van der Waals surface area (Å²) in [7, 11) is 3.09. The Hall–Kier alpha value is -1.24. The van der Waals surface area contributed by atoms with Crippen molar-refractivity contribution in [2.45, 2.75) is 51.9 Å². The van der Waals surface area contributed by atoms with E-state index in [1.807, 2.05) is 6.07 Å². The molecule has 0 aliphatic carbocycles. The number of phenols is 1. The summed E-state index contributed by atoms with van der Waals surface area (Å²) >= 11 is 0. The van der Waals surface area contributed by atoms with Crippen molar-refractivity contribution in [2.24, 2.45) is 0 Å². The van der Waals surface area contributed by atoms with Crippen molar-refractivity contribution in [3.63, 3.8) is 0 Å². The van der Waals surface area contributed by atoms with E-state index in [1.165, 1.54) is 7.48 Å². The van der Waals surface area contributed by atoms with E-state index in [0.29, 0.717) is 30.8 Å². The largest absolute Gasteiger partial charge is 0.508 e. The van der Waals surface area contributed by atoms with E-state index in [1.54, 1.807) is 34.8 Å². The van der Waals surface area contributed by atoms with Gasteiger partial charge in [-0.15, -0.1) is 0 Å². The molecule has 2 N–H and O–H groups in total. The molecule has 0 aromatic heterocycles. The molecule has 0 unspecified atom stereocenters. The maximum Gasteiger partial charge on any atom is 0.335 e. The average Bonchev–Trinajstić information content (AvgIpc) is 2.85. The molecular weight excluding hydrogens is 283 g/mol. The highest BCUT2D eigenvalue weighted by molar-refractivity contribution is 6.49. The first-order valence-electron chi connectivity index (χ1n) is 7.40. The Morgan fingerprint density at radius 2 is 2.00 bits per heavy atom. The molecule has 0 bridgehead atoms. The standard InChI is InChI=1S/C16H24BO5/c1-15(2,19)16(3,4)22-17-13-10(9-20-5)8-12-11(14(13)18)6-7-21-12/h8,18-19H,6-7,9H2,1-5H3. The third-order valence-corrected chi connectivity index (χ3v) is 4.34. The minimum atomic E-state index is -1.03. The normalized spacial score (nSPS) is 14.6. The van der Waals surface area contributed by atoms with Crippen molar-refractivity contribution >= 4 is 12.9 Å². The van der Waals surface area contributed by atoms with E-state index in [9.17, 15) is 10.2 Å². The number of phenolic OH excluding ortho intramolecular Hbond substituents is 1. The Balaban J connectivity index is 2.30. The van der Waals surface area contributed by atoms with Crippen LogP contribution in [0.4, 0.5) is 0 Å². The molecule has 5 nitrogen and oxygen atoms in total. The second kappa shape index (κ2) is 6.10. The topological polar surface area (TPSA) is 68.2 Å². The Labute approximate surface area is 132 Å². The Morgan fingerprint density at radius 1 is 1.32 bits per heavy atom. The number of fused-ring (bicyclic) bond motifs is 1. The van der Waals surface area contributed by atoms with Crippen LogP contribution in [0.3, 0.4) is 0 Å². The number of methoxy groups -OCH3 is 1. The molecule has 0 saturated carbocycles. The van der Waals surface area contributed by atoms with Gasteiger partial charge in [0.25, 0.3) is 0 Å². The molecule has 0 spiro atoms. The van der Waals surface area contributed by atoms with E-state index in [4.69, 9.17) is 14.1 Å². The SMILES string of the molecule is COCc1cc2c(c(O)c1[B]OC(C)(C)C(C)(C)O)CCO2. The Bertz CT molecular complexity index is 548. The molecule has 6 heteroatoms. The zero-order valence-electron chi connectivity index (χ0n) is 13.9. The number of aliphatic hydroxyl groups is 1. The molecule has 2 rings (SSSR count). The van der Waals surface area contributed by atoms with Crippen LogP contribution in [0.15, 0.2) is 6.07 Å². The predicted octanol–water partition coefficient (Wildman–Crippen LogP) is 1.28. The first kappa shape index (κ1) is 17.1. The van der Waals surface area contributed by atoms with Crippen molar-refractivity contribution in [3.8, 4) is 11.5 Å². The lowest BCUT2D eigenvalue weighted by Gasteiger charge is -2.37. The highest BCUT2D eigenvalue weighted by Gasteiger charge is 2.36. The molecule has 121 valence electrons. The van der Waals surface area contributed by atoms with Crippen LogP contribution in [0, 0.1) is 0 Å². The summed E-state index contributed by atoms with van der Waals surface area (Å²) in [6, 6.07) is 1.87.